The van der Waals surface area contributed by atoms with Crippen LogP contribution in [0.1, 0.15) is 63.1 Å². The highest BCUT2D eigenvalue weighted by Gasteiger charge is 2.41. The number of rotatable bonds is 7. The summed E-state index contributed by atoms with van der Waals surface area (Å²) in [5.74, 6) is 0.665. The summed E-state index contributed by atoms with van der Waals surface area (Å²) in [6, 6.07) is 16.3. The molecule has 3 rings (SSSR count). The van der Waals surface area contributed by atoms with Gasteiger partial charge in [0.05, 0.1) is 0 Å². The van der Waals surface area contributed by atoms with Gasteiger partial charge in [-0.05, 0) is 67.3 Å². The highest BCUT2D eigenvalue weighted by molar-refractivity contribution is 9.10. The van der Waals surface area contributed by atoms with Crippen molar-refractivity contribution in [3.63, 3.8) is 0 Å². The number of aliphatic imine (C=N–C) groups is 1. The second kappa shape index (κ2) is 10.3. The summed E-state index contributed by atoms with van der Waals surface area (Å²) >= 11 is 3.48. The van der Waals surface area contributed by atoms with Crippen LogP contribution >= 0.6 is 15.9 Å². The molecule has 2 aromatic carbocycles. The van der Waals surface area contributed by atoms with Crippen LogP contribution in [0.25, 0.3) is 6.08 Å². The Labute approximate surface area is 201 Å². The van der Waals surface area contributed by atoms with Gasteiger partial charge in [-0.15, -0.1) is 0 Å². The van der Waals surface area contributed by atoms with Gasteiger partial charge in [0.25, 0.3) is 0 Å². The Kier molecular flexibility index (Phi) is 7.89. The number of carbonyl (C=O) groups excluding carboxylic acids is 1. The van der Waals surface area contributed by atoms with Crippen LogP contribution < -0.4 is 0 Å². The van der Waals surface area contributed by atoms with E-state index in [1.165, 1.54) is 5.56 Å². The fourth-order valence-corrected chi connectivity index (χ4v) is 4.97. The molecule has 2 aromatic rings. The summed E-state index contributed by atoms with van der Waals surface area (Å²) in [6.45, 7) is 11.6. The van der Waals surface area contributed by atoms with Crippen LogP contribution in [-0.2, 0) is 11.3 Å². The van der Waals surface area contributed by atoms with E-state index in [2.05, 4.69) is 79.5 Å². The van der Waals surface area contributed by atoms with Crippen molar-refractivity contribution in [2.24, 2.45) is 16.3 Å². The number of nitrogens with zero attached hydrogens (tertiary/aromatic N) is 2. The van der Waals surface area contributed by atoms with Crippen LogP contribution in [0, 0.1) is 11.3 Å². The molecule has 4 heteroatoms. The van der Waals surface area contributed by atoms with Gasteiger partial charge in [0.2, 0.25) is 0 Å². The van der Waals surface area contributed by atoms with Crippen molar-refractivity contribution in [3.8, 4) is 0 Å². The molecule has 1 aliphatic rings. The lowest BCUT2D eigenvalue weighted by atomic mass is 9.69. The predicted octanol–water partition coefficient (Wildman–Crippen LogP) is 7.14. The Bertz CT molecular complexity index is 946. The zero-order valence-electron chi connectivity index (χ0n) is 19.8. The summed E-state index contributed by atoms with van der Waals surface area (Å²) in [7, 11) is 2.15. The maximum atomic E-state index is 12.1. The first-order valence-electron chi connectivity index (χ1n) is 11.4. The Balaban J connectivity index is 1.94. The topological polar surface area (TPSA) is 32.7 Å². The van der Waals surface area contributed by atoms with E-state index < -0.39 is 0 Å². The molecule has 0 bridgehead atoms. The number of aldehydes is 1. The van der Waals surface area contributed by atoms with Crippen molar-refractivity contribution in [2.45, 2.75) is 58.7 Å². The third kappa shape index (κ3) is 5.85. The first kappa shape index (κ1) is 24.6. The maximum Gasteiger partial charge on any atom is 0.168 e. The van der Waals surface area contributed by atoms with E-state index >= 15 is 0 Å². The standard InChI is InChI=1S/C28H35BrN2O/c1-6-21-7-9-22(10-8-21)19-31(5)28(17-15-24(16-18-28)27(2,3)4)30-26(20-32)23-11-13-25(29)14-12-23/h6-14,20,24H,1,15-19H2,2-5H3/b30-26+. The van der Waals surface area contributed by atoms with Crippen molar-refractivity contribution >= 4 is 34.0 Å². The quantitative estimate of drug-likeness (QED) is 0.302. The minimum absolute atomic E-state index is 0.286. The Morgan fingerprint density at radius 2 is 1.72 bits per heavy atom. The first-order chi connectivity index (χ1) is 15.2. The third-order valence-corrected chi connectivity index (χ3v) is 7.47. The van der Waals surface area contributed by atoms with Gasteiger partial charge in [-0.1, -0.05) is 85.8 Å². The Morgan fingerprint density at radius 1 is 1.12 bits per heavy atom. The van der Waals surface area contributed by atoms with E-state index in [0.717, 1.165) is 54.1 Å². The minimum atomic E-state index is -0.387. The van der Waals surface area contributed by atoms with E-state index in [-0.39, 0.29) is 11.1 Å². The lowest BCUT2D eigenvalue weighted by Gasteiger charge is -2.46. The molecule has 1 aliphatic carbocycles. The summed E-state index contributed by atoms with van der Waals surface area (Å²) in [5.41, 5.74) is 3.65. The normalized spacial score (nSPS) is 22.1. The minimum Gasteiger partial charge on any atom is -0.296 e. The summed E-state index contributed by atoms with van der Waals surface area (Å²) < 4.78 is 0.993. The number of carbonyl (C=O) groups is 1. The number of halogens is 1. The van der Waals surface area contributed by atoms with Gasteiger partial charge in [0.1, 0.15) is 11.4 Å². The summed E-state index contributed by atoms with van der Waals surface area (Å²) in [5, 5.41) is 0. The molecule has 0 aliphatic heterocycles. The van der Waals surface area contributed by atoms with Crippen molar-refractivity contribution < 1.29 is 4.79 Å². The van der Waals surface area contributed by atoms with E-state index in [4.69, 9.17) is 4.99 Å². The average Bonchev–Trinajstić information content (AvgIpc) is 2.78. The highest BCUT2D eigenvalue weighted by Crippen LogP contribution is 2.44. The molecule has 0 amide bonds. The molecule has 0 N–H and O–H groups in total. The molecule has 0 aromatic heterocycles. The zero-order chi connectivity index (χ0) is 23.4. The van der Waals surface area contributed by atoms with Crippen molar-refractivity contribution in [2.75, 3.05) is 7.05 Å². The Morgan fingerprint density at radius 3 is 2.22 bits per heavy atom. The van der Waals surface area contributed by atoms with Gasteiger partial charge in [-0.25, -0.2) is 0 Å². The van der Waals surface area contributed by atoms with Crippen molar-refractivity contribution in [1.82, 2.24) is 4.90 Å². The van der Waals surface area contributed by atoms with Crippen LogP contribution in [-0.4, -0.2) is 29.6 Å². The number of hydrogen-bond acceptors (Lipinski definition) is 3. The number of benzene rings is 2. The van der Waals surface area contributed by atoms with Gasteiger partial charge >= 0.3 is 0 Å². The zero-order valence-corrected chi connectivity index (χ0v) is 21.4. The van der Waals surface area contributed by atoms with Gasteiger partial charge in [0, 0.05) is 16.6 Å². The molecule has 0 saturated heterocycles. The van der Waals surface area contributed by atoms with Gasteiger partial charge in [-0.3, -0.25) is 14.7 Å². The molecule has 1 saturated carbocycles. The van der Waals surface area contributed by atoms with Crippen LogP contribution in [0.5, 0.6) is 0 Å². The second-order valence-corrected chi connectivity index (χ2v) is 11.0. The van der Waals surface area contributed by atoms with E-state index in [9.17, 15) is 4.79 Å². The largest absolute Gasteiger partial charge is 0.296 e. The van der Waals surface area contributed by atoms with Gasteiger partial charge in [0.15, 0.2) is 6.29 Å². The van der Waals surface area contributed by atoms with Crippen LogP contribution in [0.2, 0.25) is 0 Å². The first-order valence-corrected chi connectivity index (χ1v) is 12.2. The van der Waals surface area contributed by atoms with Crippen LogP contribution in [0.4, 0.5) is 0 Å². The molecule has 0 heterocycles. The third-order valence-electron chi connectivity index (χ3n) is 6.94. The molecular formula is C28H35BrN2O. The van der Waals surface area contributed by atoms with Gasteiger partial charge in [-0.2, -0.15) is 0 Å². The van der Waals surface area contributed by atoms with E-state index in [0.29, 0.717) is 11.6 Å². The highest BCUT2D eigenvalue weighted by atomic mass is 79.9. The SMILES string of the molecule is C=Cc1ccc(CN(C)C2(/N=C(\C=O)c3ccc(Br)cc3)CCC(C(C)(C)C)CC2)cc1. The lowest BCUT2D eigenvalue weighted by molar-refractivity contribution is -0.102. The monoisotopic (exact) mass is 494 g/mol. The fourth-order valence-electron chi connectivity index (χ4n) is 4.71. The maximum absolute atomic E-state index is 12.1. The average molecular weight is 496 g/mol. The predicted molar refractivity (Wildman–Crippen MR) is 139 cm³/mol. The molecule has 32 heavy (non-hydrogen) atoms. The molecular weight excluding hydrogens is 460 g/mol. The molecule has 0 radical (unpaired) electrons. The summed E-state index contributed by atoms with van der Waals surface area (Å²) in [4.78, 5) is 19.6. The molecule has 0 atom stereocenters. The summed E-state index contributed by atoms with van der Waals surface area (Å²) in [6.07, 6.45) is 6.89. The van der Waals surface area contributed by atoms with Crippen LogP contribution in [0.15, 0.2) is 64.6 Å². The second-order valence-electron chi connectivity index (χ2n) is 10.0. The van der Waals surface area contributed by atoms with E-state index in [1.54, 1.807) is 0 Å². The fraction of sp³-hybridized carbons (Fsp3) is 0.429. The molecule has 0 unspecified atom stereocenters. The number of hydrogen-bond donors (Lipinski definition) is 0. The lowest BCUT2D eigenvalue weighted by Crippen LogP contribution is -2.49. The van der Waals surface area contributed by atoms with Gasteiger partial charge < -0.3 is 0 Å². The Hall–Kier alpha value is -2.04. The smallest absolute Gasteiger partial charge is 0.168 e. The molecule has 3 nitrogen and oxygen atoms in total. The van der Waals surface area contributed by atoms with Crippen molar-refractivity contribution in [3.05, 3.63) is 76.3 Å². The molecule has 0 spiro atoms. The molecule has 170 valence electrons. The molecule has 1 fully saturated rings. The van der Waals surface area contributed by atoms with Crippen LogP contribution in [0.3, 0.4) is 0 Å². The van der Waals surface area contributed by atoms with Crippen molar-refractivity contribution in [1.29, 1.82) is 0 Å². The van der Waals surface area contributed by atoms with E-state index in [1.807, 2.05) is 30.3 Å².